The van der Waals surface area contributed by atoms with E-state index in [0.717, 1.165) is 10.0 Å². The number of ether oxygens (including phenoxy) is 1. The van der Waals surface area contributed by atoms with Crippen molar-refractivity contribution in [2.24, 2.45) is 5.73 Å². The Morgan fingerprint density at radius 2 is 2.05 bits per heavy atom. The van der Waals surface area contributed by atoms with Crippen LogP contribution in [0.5, 0.6) is 0 Å². The molecule has 1 saturated heterocycles. The molecule has 1 fully saturated rings. The molecule has 5 heteroatoms. The average Bonchev–Trinajstić information content (AvgIpc) is 2.38. The Balaban J connectivity index is 2.09. The van der Waals surface area contributed by atoms with Gasteiger partial charge in [-0.3, -0.25) is 4.79 Å². The zero-order chi connectivity index (χ0) is 14.0. The summed E-state index contributed by atoms with van der Waals surface area (Å²) in [4.78, 5) is 14.0. The van der Waals surface area contributed by atoms with E-state index in [-0.39, 0.29) is 12.0 Å². The highest BCUT2D eigenvalue weighted by Crippen LogP contribution is 2.24. The van der Waals surface area contributed by atoms with E-state index < -0.39 is 5.54 Å². The van der Waals surface area contributed by atoms with Gasteiger partial charge in [0.15, 0.2) is 0 Å². The van der Waals surface area contributed by atoms with Gasteiger partial charge in [-0.2, -0.15) is 0 Å². The largest absolute Gasteiger partial charge is 0.370 e. The molecule has 104 valence electrons. The van der Waals surface area contributed by atoms with Crippen LogP contribution in [0.25, 0.3) is 0 Å². The van der Waals surface area contributed by atoms with Crippen LogP contribution in [0.1, 0.15) is 25.5 Å². The summed E-state index contributed by atoms with van der Waals surface area (Å²) < 4.78 is 6.78. The van der Waals surface area contributed by atoms with E-state index in [9.17, 15) is 4.79 Å². The van der Waals surface area contributed by atoms with E-state index in [1.807, 2.05) is 24.3 Å². The molecule has 1 amide bonds. The molecule has 0 bridgehead atoms. The van der Waals surface area contributed by atoms with Crippen molar-refractivity contribution < 1.29 is 9.53 Å². The lowest BCUT2D eigenvalue weighted by atomic mass is 10.0. The van der Waals surface area contributed by atoms with Crippen molar-refractivity contribution in [3.8, 4) is 0 Å². The van der Waals surface area contributed by atoms with E-state index in [2.05, 4.69) is 15.9 Å². The summed E-state index contributed by atoms with van der Waals surface area (Å²) >= 11 is 3.41. The van der Waals surface area contributed by atoms with Crippen molar-refractivity contribution in [2.75, 3.05) is 19.7 Å². The molecule has 0 aliphatic carbocycles. The number of halogens is 1. The van der Waals surface area contributed by atoms with Crippen molar-refractivity contribution in [1.82, 2.24) is 4.90 Å². The lowest BCUT2D eigenvalue weighted by Gasteiger charge is -2.36. The quantitative estimate of drug-likeness (QED) is 0.905. The van der Waals surface area contributed by atoms with Crippen molar-refractivity contribution in [3.63, 3.8) is 0 Å². The minimum atomic E-state index is -0.832. The Bertz CT molecular complexity index is 454. The molecule has 0 radical (unpaired) electrons. The van der Waals surface area contributed by atoms with Crippen molar-refractivity contribution in [2.45, 2.75) is 25.5 Å². The molecule has 1 atom stereocenters. The molecule has 2 rings (SSSR count). The van der Waals surface area contributed by atoms with Gasteiger partial charge in [0, 0.05) is 11.0 Å². The lowest BCUT2D eigenvalue weighted by Crippen LogP contribution is -2.54. The summed E-state index contributed by atoms with van der Waals surface area (Å²) in [5, 5.41) is 0. The molecule has 19 heavy (non-hydrogen) atoms. The Hall–Kier alpha value is -0.910. The third-order valence-electron chi connectivity index (χ3n) is 3.15. The number of hydrogen-bond donors (Lipinski definition) is 1. The van der Waals surface area contributed by atoms with Crippen molar-refractivity contribution >= 4 is 21.8 Å². The maximum atomic E-state index is 12.2. The molecule has 2 N–H and O–H groups in total. The first-order chi connectivity index (χ1) is 8.88. The van der Waals surface area contributed by atoms with Crippen LogP contribution >= 0.6 is 15.9 Å². The first-order valence-electron chi connectivity index (χ1n) is 6.33. The van der Waals surface area contributed by atoms with Crippen LogP contribution in [0.4, 0.5) is 0 Å². The normalized spacial score (nSPS) is 20.4. The number of carbonyl (C=O) groups is 1. The molecule has 1 unspecified atom stereocenters. The summed E-state index contributed by atoms with van der Waals surface area (Å²) in [5.74, 6) is -0.0297. The third kappa shape index (κ3) is 3.55. The number of nitrogens with zero attached hydrogens (tertiary/aromatic N) is 1. The Morgan fingerprint density at radius 1 is 1.42 bits per heavy atom. The molecule has 1 aliphatic heterocycles. The topological polar surface area (TPSA) is 55.6 Å². The smallest absolute Gasteiger partial charge is 0.242 e. The molecule has 1 aliphatic rings. The molecule has 1 heterocycles. The van der Waals surface area contributed by atoms with Gasteiger partial charge in [-0.1, -0.05) is 28.1 Å². The van der Waals surface area contributed by atoms with Crippen LogP contribution in [0.2, 0.25) is 0 Å². The Kier molecular flexibility index (Phi) is 4.28. The summed E-state index contributed by atoms with van der Waals surface area (Å²) in [5.41, 5.74) is 6.12. The highest BCUT2D eigenvalue weighted by atomic mass is 79.9. The van der Waals surface area contributed by atoms with Gasteiger partial charge in [-0.05, 0) is 31.5 Å². The Morgan fingerprint density at radius 3 is 2.63 bits per heavy atom. The molecular weight excluding hydrogens is 308 g/mol. The van der Waals surface area contributed by atoms with Gasteiger partial charge in [0.05, 0.1) is 18.7 Å². The summed E-state index contributed by atoms with van der Waals surface area (Å²) in [6.45, 7) is 5.18. The number of amides is 1. The van der Waals surface area contributed by atoms with Gasteiger partial charge in [-0.25, -0.2) is 0 Å². The summed E-state index contributed by atoms with van der Waals surface area (Å²) in [7, 11) is 0. The number of benzene rings is 1. The summed E-state index contributed by atoms with van der Waals surface area (Å²) in [6.07, 6.45) is -0.0758. The van der Waals surface area contributed by atoms with Gasteiger partial charge in [0.2, 0.25) is 5.91 Å². The van der Waals surface area contributed by atoms with Gasteiger partial charge in [0.25, 0.3) is 0 Å². The molecular formula is C14H19BrN2O2. The van der Waals surface area contributed by atoms with Gasteiger partial charge < -0.3 is 15.4 Å². The lowest BCUT2D eigenvalue weighted by molar-refractivity contribution is -0.143. The van der Waals surface area contributed by atoms with Crippen LogP contribution in [-0.4, -0.2) is 36.0 Å². The number of rotatable bonds is 2. The standard InChI is InChI=1S/C14H19BrN2O2/c1-14(2,16)13(18)17-7-8-19-12(9-17)10-3-5-11(15)6-4-10/h3-6,12H,7-9,16H2,1-2H3. The second-order valence-electron chi connectivity index (χ2n) is 5.38. The molecule has 0 spiro atoms. The van der Waals surface area contributed by atoms with E-state index in [1.165, 1.54) is 0 Å². The van der Waals surface area contributed by atoms with Crippen molar-refractivity contribution in [1.29, 1.82) is 0 Å². The fourth-order valence-corrected chi connectivity index (χ4v) is 2.38. The second-order valence-corrected chi connectivity index (χ2v) is 6.30. The second kappa shape index (κ2) is 5.61. The maximum Gasteiger partial charge on any atom is 0.242 e. The van der Waals surface area contributed by atoms with Crippen LogP contribution in [0, 0.1) is 0 Å². The minimum Gasteiger partial charge on any atom is -0.370 e. The summed E-state index contributed by atoms with van der Waals surface area (Å²) in [6, 6.07) is 7.98. The molecule has 1 aromatic rings. The first kappa shape index (κ1) is 14.5. The average molecular weight is 327 g/mol. The van der Waals surface area contributed by atoms with E-state index in [0.29, 0.717) is 19.7 Å². The van der Waals surface area contributed by atoms with Gasteiger partial charge in [-0.15, -0.1) is 0 Å². The molecule has 0 saturated carbocycles. The van der Waals surface area contributed by atoms with E-state index in [1.54, 1.807) is 18.7 Å². The van der Waals surface area contributed by atoms with Crippen LogP contribution in [0.15, 0.2) is 28.7 Å². The molecule has 4 nitrogen and oxygen atoms in total. The highest BCUT2D eigenvalue weighted by Gasteiger charge is 2.32. The fraction of sp³-hybridized carbons (Fsp3) is 0.500. The first-order valence-corrected chi connectivity index (χ1v) is 7.12. The molecule has 0 aromatic heterocycles. The van der Waals surface area contributed by atoms with Crippen LogP contribution in [-0.2, 0) is 9.53 Å². The maximum absolute atomic E-state index is 12.2. The van der Waals surface area contributed by atoms with Crippen LogP contribution in [0.3, 0.4) is 0 Å². The van der Waals surface area contributed by atoms with Gasteiger partial charge in [0.1, 0.15) is 6.10 Å². The Labute approximate surface area is 122 Å². The zero-order valence-corrected chi connectivity index (χ0v) is 12.8. The predicted molar refractivity (Wildman–Crippen MR) is 77.7 cm³/mol. The predicted octanol–water partition coefficient (Wildman–Crippen LogP) is 2.09. The van der Waals surface area contributed by atoms with E-state index >= 15 is 0 Å². The van der Waals surface area contributed by atoms with E-state index in [4.69, 9.17) is 10.5 Å². The highest BCUT2D eigenvalue weighted by molar-refractivity contribution is 9.10. The SMILES string of the molecule is CC(C)(N)C(=O)N1CCOC(c2ccc(Br)cc2)C1. The minimum absolute atomic E-state index is 0.0297. The van der Waals surface area contributed by atoms with Crippen LogP contribution < -0.4 is 5.73 Å². The number of carbonyl (C=O) groups excluding carboxylic acids is 1. The van der Waals surface area contributed by atoms with Gasteiger partial charge >= 0.3 is 0 Å². The third-order valence-corrected chi connectivity index (χ3v) is 3.68. The fourth-order valence-electron chi connectivity index (χ4n) is 2.12. The number of morpholine rings is 1. The number of hydrogen-bond acceptors (Lipinski definition) is 3. The zero-order valence-electron chi connectivity index (χ0n) is 11.2. The van der Waals surface area contributed by atoms with Crippen molar-refractivity contribution in [3.05, 3.63) is 34.3 Å². The number of nitrogens with two attached hydrogens (primary N) is 1. The molecule has 1 aromatic carbocycles. The monoisotopic (exact) mass is 326 g/mol.